The first-order valence-corrected chi connectivity index (χ1v) is 11.8. The van der Waals surface area contributed by atoms with Crippen molar-refractivity contribution < 1.29 is 4.79 Å². The maximum atomic E-state index is 13.6. The third-order valence-electron chi connectivity index (χ3n) is 6.21. The van der Waals surface area contributed by atoms with Crippen LogP contribution in [0.15, 0.2) is 73.1 Å². The Labute approximate surface area is 202 Å². The SMILES string of the molecule is O=C(c1cc2ccccc2n1Cc1ccc(Cl)cc1Cl)N1CCC(Nc2ccncc2)CC1. The number of pyridine rings is 1. The van der Waals surface area contributed by atoms with Crippen molar-refractivity contribution >= 4 is 45.7 Å². The van der Waals surface area contributed by atoms with Crippen LogP contribution in [-0.2, 0) is 6.54 Å². The van der Waals surface area contributed by atoms with Gasteiger partial charge in [-0.15, -0.1) is 0 Å². The first kappa shape index (κ1) is 21.8. The van der Waals surface area contributed by atoms with E-state index in [1.807, 2.05) is 59.5 Å². The van der Waals surface area contributed by atoms with Gasteiger partial charge in [0.1, 0.15) is 5.69 Å². The van der Waals surface area contributed by atoms with Crippen molar-refractivity contribution in [2.75, 3.05) is 18.4 Å². The number of likely N-dealkylation sites (tertiary alicyclic amines) is 1. The van der Waals surface area contributed by atoms with Gasteiger partial charge < -0.3 is 14.8 Å². The molecule has 5 rings (SSSR count). The van der Waals surface area contributed by atoms with Crippen molar-refractivity contribution in [3.05, 3.63) is 94.4 Å². The van der Waals surface area contributed by atoms with Crippen molar-refractivity contribution in [3.8, 4) is 0 Å². The molecule has 4 aromatic rings. The summed E-state index contributed by atoms with van der Waals surface area (Å²) in [7, 11) is 0. The van der Waals surface area contributed by atoms with Gasteiger partial charge in [0.15, 0.2) is 0 Å². The molecule has 0 radical (unpaired) electrons. The van der Waals surface area contributed by atoms with E-state index in [2.05, 4.69) is 14.9 Å². The van der Waals surface area contributed by atoms with Crippen molar-refractivity contribution in [2.45, 2.75) is 25.4 Å². The van der Waals surface area contributed by atoms with Crippen molar-refractivity contribution in [3.63, 3.8) is 0 Å². The Morgan fingerprint density at radius 1 is 1.00 bits per heavy atom. The number of benzene rings is 2. The summed E-state index contributed by atoms with van der Waals surface area (Å²) in [6.07, 6.45) is 5.37. The van der Waals surface area contributed by atoms with E-state index in [-0.39, 0.29) is 5.91 Å². The Bertz CT molecular complexity index is 1280. The van der Waals surface area contributed by atoms with Crippen LogP contribution in [0.25, 0.3) is 10.9 Å². The lowest BCUT2D eigenvalue weighted by atomic mass is 10.0. The van der Waals surface area contributed by atoms with Crippen LogP contribution in [0.2, 0.25) is 10.0 Å². The van der Waals surface area contributed by atoms with Gasteiger partial charge in [0, 0.05) is 64.7 Å². The van der Waals surface area contributed by atoms with Gasteiger partial charge in [-0.3, -0.25) is 9.78 Å². The number of para-hydroxylation sites is 1. The van der Waals surface area contributed by atoms with E-state index >= 15 is 0 Å². The fraction of sp³-hybridized carbons (Fsp3) is 0.231. The Hall–Kier alpha value is -3.02. The van der Waals surface area contributed by atoms with E-state index in [4.69, 9.17) is 23.2 Å². The lowest BCUT2D eigenvalue weighted by Crippen LogP contribution is -2.43. The molecule has 1 aliphatic heterocycles. The van der Waals surface area contributed by atoms with Gasteiger partial charge in [-0.05, 0) is 54.8 Å². The quantitative estimate of drug-likeness (QED) is 0.376. The van der Waals surface area contributed by atoms with Gasteiger partial charge in [0.2, 0.25) is 0 Å². The number of hydrogen-bond acceptors (Lipinski definition) is 3. The molecule has 33 heavy (non-hydrogen) atoms. The second kappa shape index (κ2) is 9.46. The minimum atomic E-state index is 0.0543. The number of nitrogens with zero attached hydrogens (tertiary/aromatic N) is 3. The zero-order valence-electron chi connectivity index (χ0n) is 18.0. The summed E-state index contributed by atoms with van der Waals surface area (Å²) in [4.78, 5) is 19.6. The number of halogens is 2. The fourth-order valence-corrected chi connectivity index (χ4v) is 4.92. The normalized spacial score (nSPS) is 14.5. The van der Waals surface area contributed by atoms with Gasteiger partial charge >= 0.3 is 0 Å². The van der Waals surface area contributed by atoms with Crippen LogP contribution >= 0.6 is 23.2 Å². The summed E-state index contributed by atoms with van der Waals surface area (Å²) in [5, 5.41) is 5.79. The molecule has 7 heteroatoms. The molecule has 3 heterocycles. The van der Waals surface area contributed by atoms with Crippen LogP contribution < -0.4 is 5.32 Å². The van der Waals surface area contributed by atoms with E-state index in [0.29, 0.717) is 41.4 Å². The average molecular weight is 479 g/mol. The monoisotopic (exact) mass is 478 g/mol. The molecular weight excluding hydrogens is 455 g/mol. The minimum Gasteiger partial charge on any atom is -0.382 e. The zero-order chi connectivity index (χ0) is 22.8. The third-order valence-corrected chi connectivity index (χ3v) is 6.79. The summed E-state index contributed by atoms with van der Waals surface area (Å²) in [5.41, 5.74) is 3.69. The molecule has 1 amide bonds. The average Bonchev–Trinajstić information content (AvgIpc) is 3.20. The standard InChI is InChI=1S/C26H24Cl2N4O/c27-20-6-5-19(23(28)16-20)17-32-24-4-2-1-3-18(24)15-25(32)26(33)31-13-9-22(10-14-31)30-21-7-11-29-12-8-21/h1-8,11-12,15-16,22H,9-10,13-14,17H2,(H,29,30). The molecule has 0 aliphatic carbocycles. The van der Waals surface area contributed by atoms with Crippen LogP contribution in [0.3, 0.4) is 0 Å². The topological polar surface area (TPSA) is 50.2 Å². The molecule has 1 saturated heterocycles. The summed E-state index contributed by atoms with van der Waals surface area (Å²) >= 11 is 12.5. The number of piperidine rings is 1. The highest BCUT2D eigenvalue weighted by atomic mass is 35.5. The molecule has 2 aromatic carbocycles. The van der Waals surface area contributed by atoms with Gasteiger partial charge in [0.05, 0.1) is 0 Å². The summed E-state index contributed by atoms with van der Waals surface area (Å²) in [6, 6.07) is 19.8. The number of anilines is 1. The number of fused-ring (bicyclic) bond motifs is 1. The van der Waals surface area contributed by atoms with Crippen LogP contribution in [0.4, 0.5) is 5.69 Å². The number of aromatic nitrogens is 2. The maximum absolute atomic E-state index is 13.6. The molecule has 0 unspecified atom stereocenters. The smallest absolute Gasteiger partial charge is 0.270 e. The molecule has 0 atom stereocenters. The van der Waals surface area contributed by atoms with E-state index in [9.17, 15) is 4.79 Å². The van der Waals surface area contributed by atoms with E-state index in [0.717, 1.165) is 35.0 Å². The lowest BCUT2D eigenvalue weighted by Gasteiger charge is -2.33. The highest BCUT2D eigenvalue weighted by Gasteiger charge is 2.26. The summed E-state index contributed by atoms with van der Waals surface area (Å²) < 4.78 is 2.06. The number of rotatable bonds is 5. The van der Waals surface area contributed by atoms with Gasteiger partial charge in [-0.25, -0.2) is 0 Å². The second-order valence-corrected chi connectivity index (χ2v) is 9.20. The Morgan fingerprint density at radius 2 is 1.76 bits per heavy atom. The zero-order valence-corrected chi connectivity index (χ0v) is 19.6. The number of hydrogen-bond donors (Lipinski definition) is 1. The molecule has 0 saturated carbocycles. The van der Waals surface area contributed by atoms with Gasteiger partial charge in [-0.2, -0.15) is 0 Å². The molecule has 0 spiro atoms. The fourth-order valence-electron chi connectivity index (χ4n) is 4.45. The highest BCUT2D eigenvalue weighted by Crippen LogP contribution is 2.27. The minimum absolute atomic E-state index is 0.0543. The van der Waals surface area contributed by atoms with Crippen LogP contribution in [0.1, 0.15) is 28.9 Å². The van der Waals surface area contributed by atoms with Crippen molar-refractivity contribution in [1.29, 1.82) is 0 Å². The van der Waals surface area contributed by atoms with Crippen LogP contribution in [0, 0.1) is 0 Å². The molecule has 1 N–H and O–H groups in total. The number of carbonyl (C=O) groups is 1. The van der Waals surface area contributed by atoms with Crippen LogP contribution in [-0.4, -0.2) is 39.5 Å². The molecule has 1 aliphatic rings. The molecule has 168 valence electrons. The molecule has 5 nitrogen and oxygen atoms in total. The Kier molecular flexibility index (Phi) is 6.25. The Morgan fingerprint density at radius 3 is 2.52 bits per heavy atom. The predicted octanol–water partition coefficient (Wildman–Crippen LogP) is 6.11. The molecule has 1 fully saturated rings. The molecule has 0 bridgehead atoms. The van der Waals surface area contributed by atoms with E-state index < -0.39 is 0 Å². The van der Waals surface area contributed by atoms with Crippen molar-refractivity contribution in [1.82, 2.24) is 14.5 Å². The van der Waals surface area contributed by atoms with Gasteiger partial charge in [-0.1, -0.05) is 47.5 Å². The predicted molar refractivity (Wildman–Crippen MR) is 134 cm³/mol. The Balaban J connectivity index is 1.37. The number of nitrogens with one attached hydrogen (secondary N) is 1. The first-order chi connectivity index (χ1) is 16.1. The molecule has 2 aromatic heterocycles. The summed E-state index contributed by atoms with van der Waals surface area (Å²) in [5.74, 6) is 0.0543. The van der Waals surface area contributed by atoms with E-state index in [1.165, 1.54) is 0 Å². The van der Waals surface area contributed by atoms with E-state index in [1.54, 1.807) is 18.5 Å². The first-order valence-electron chi connectivity index (χ1n) is 11.1. The lowest BCUT2D eigenvalue weighted by molar-refractivity contribution is 0.0708. The van der Waals surface area contributed by atoms with Crippen molar-refractivity contribution in [2.24, 2.45) is 0 Å². The highest BCUT2D eigenvalue weighted by molar-refractivity contribution is 6.35. The maximum Gasteiger partial charge on any atom is 0.270 e. The third kappa shape index (κ3) is 4.70. The number of carbonyl (C=O) groups excluding carboxylic acids is 1. The second-order valence-electron chi connectivity index (χ2n) is 8.36. The molecular formula is C26H24Cl2N4O. The summed E-state index contributed by atoms with van der Waals surface area (Å²) in [6.45, 7) is 1.93. The largest absolute Gasteiger partial charge is 0.382 e. The van der Waals surface area contributed by atoms with Gasteiger partial charge in [0.25, 0.3) is 5.91 Å². The van der Waals surface area contributed by atoms with Crippen LogP contribution in [0.5, 0.6) is 0 Å². The number of amides is 1.